The highest BCUT2D eigenvalue weighted by molar-refractivity contribution is 8.00. The van der Waals surface area contributed by atoms with Crippen molar-refractivity contribution in [2.75, 3.05) is 5.75 Å². The topological polar surface area (TPSA) is 34.1 Å². The van der Waals surface area contributed by atoms with Gasteiger partial charge in [-0.25, -0.2) is 8.42 Å². The first kappa shape index (κ1) is 13.5. The van der Waals surface area contributed by atoms with E-state index in [0.717, 1.165) is 10.5 Å². The highest BCUT2D eigenvalue weighted by Gasteiger charge is 2.32. The molecule has 1 aliphatic rings. The zero-order chi connectivity index (χ0) is 13.5. The van der Waals surface area contributed by atoms with E-state index in [4.69, 9.17) is 11.6 Å². The summed E-state index contributed by atoms with van der Waals surface area (Å²) in [5.74, 6) is 0.235. The lowest BCUT2D eigenvalue weighted by Crippen LogP contribution is -2.16. The van der Waals surface area contributed by atoms with E-state index in [1.165, 1.54) is 11.3 Å². The molecule has 0 aliphatic carbocycles. The fourth-order valence-corrected chi connectivity index (χ4v) is 6.92. The summed E-state index contributed by atoms with van der Waals surface area (Å²) in [7, 11) is -3.05. The number of hydrogen-bond acceptors (Lipinski definition) is 4. The number of sulfone groups is 1. The number of thioether (sulfide) groups is 1. The molecule has 1 aromatic heterocycles. The molecule has 0 saturated heterocycles. The summed E-state index contributed by atoms with van der Waals surface area (Å²) in [6.45, 7) is 0. The lowest BCUT2D eigenvalue weighted by atomic mass is 10.2. The maximum atomic E-state index is 12.0. The third kappa shape index (κ3) is 2.70. The molecule has 1 aliphatic heterocycles. The van der Waals surface area contributed by atoms with Gasteiger partial charge in [-0.05, 0) is 41.6 Å². The van der Waals surface area contributed by atoms with Gasteiger partial charge in [0, 0.05) is 15.2 Å². The van der Waals surface area contributed by atoms with E-state index in [2.05, 4.69) is 0 Å². The fourth-order valence-electron chi connectivity index (χ4n) is 2.13. The molecular weight excluding hydrogens is 320 g/mol. The Balaban J connectivity index is 1.92. The van der Waals surface area contributed by atoms with Crippen LogP contribution >= 0.6 is 34.7 Å². The predicted molar refractivity (Wildman–Crippen MR) is 81.0 cm³/mol. The van der Waals surface area contributed by atoms with Gasteiger partial charge >= 0.3 is 0 Å². The Morgan fingerprint density at radius 2 is 2.16 bits per heavy atom. The van der Waals surface area contributed by atoms with Crippen molar-refractivity contribution in [1.29, 1.82) is 0 Å². The number of rotatable bonds is 2. The Labute approximate surface area is 125 Å². The smallest absolute Gasteiger partial charge is 0.188 e. The summed E-state index contributed by atoms with van der Waals surface area (Å²) < 4.78 is 24.5. The molecule has 2 heterocycles. The SMILES string of the molecule is O=S1(=O)CC[C@@H](Sc2cccc(Cl)c2)c2ccsc21. The molecule has 2 aromatic rings. The molecular formula is C13H11ClO2S3. The van der Waals surface area contributed by atoms with Crippen LogP contribution in [-0.2, 0) is 9.84 Å². The van der Waals surface area contributed by atoms with E-state index in [1.807, 2.05) is 35.7 Å². The maximum Gasteiger partial charge on any atom is 0.188 e. The van der Waals surface area contributed by atoms with Gasteiger partial charge in [-0.2, -0.15) is 0 Å². The molecule has 1 aromatic carbocycles. The number of fused-ring (bicyclic) bond motifs is 1. The molecule has 3 rings (SSSR count). The van der Waals surface area contributed by atoms with Crippen LogP contribution < -0.4 is 0 Å². The van der Waals surface area contributed by atoms with Gasteiger partial charge in [0.1, 0.15) is 4.21 Å². The lowest BCUT2D eigenvalue weighted by Gasteiger charge is -2.22. The summed E-state index contributed by atoms with van der Waals surface area (Å²) in [6.07, 6.45) is 0.656. The molecule has 0 radical (unpaired) electrons. The Kier molecular flexibility index (Phi) is 3.64. The summed E-state index contributed by atoms with van der Waals surface area (Å²) in [4.78, 5) is 1.08. The highest BCUT2D eigenvalue weighted by atomic mass is 35.5. The van der Waals surface area contributed by atoms with E-state index in [-0.39, 0.29) is 11.0 Å². The summed E-state index contributed by atoms with van der Waals surface area (Å²) in [5, 5.41) is 2.77. The molecule has 0 N–H and O–H groups in total. The molecule has 0 amide bonds. The average molecular weight is 331 g/mol. The van der Waals surface area contributed by atoms with Crippen LogP contribution in [0.4, 0.5) is 0 Å². The molecule has 1 atom stereocenters. The zero-order valence-electron chi connectivity index (χ0n) is 9.87. The molecule has 2 nitrogen and oxygen atoms in total. The minimum absolute atomic E-state index is 0.197. The van der Waals surface area contributed by atoms with E-state index < -0.39 is 9.84 Å². The summed E-state index contributed by atoms with van der Waals surface area (Å²) in [5.41, 5.74) is 0.946. The monoisotopic (exact) mass is 330 g/mol. The van der Waals surface area contributed by atoms with E-state index in [0.29, 0.717) is 15.7 Å². The van der Waals surface area contributed by atoms with Crippen LogP contribution in [0.3, 0.4) is 0 Å². The third-order valence-electron chi connectivity index (χ3n) is 3.01. The van der Waals surface area contributed by atoms with Crippen LogP contribution in [0.1, 0.15) is 17.2 Å². The van der Waals surface area contributed by atoms with Crippen LogP contribution in [0.25, 0.3) is 0 Å². The Morgan fingerprint density at radius 1 is 1.32 bits per heavy atom. The van der Waals surface area contributed by atoms with Gasteiger partial charge in [0.2, 0.25) is 0 Å². The minimum atomic E-state index is -3.05. The molecule has 0 unspecified atom stereocenters. The first-order chi connectivity index (χ1) is 9.06. The Hall–Kier alpha value is -0.490. The van der Waals surface area contributed by atoms with Crippen molar-refractivity contribution in [3.05, 3.63) is 46.3 Å². The van der Waals surface area contributed by atoms with Gasteiger partial charge in [-0.1, -0.05) is 17.7 Å². The standard InChI is InChI=1S/C13H11ClO2S3/c14-9-2-1-3-10(8-9)18-12-5-7-19(15,16)13-11(12)4-6-17-13/h1-4,6,8,12H,5,7H2/t12-/m1/s1. The highest BCUT2D eigenvalue weighted by Crippen LogP contribution is 2.46. The Bertz CT molecular complexity index is 706. The van der Waals surface area contributed by atoms with E-state index in [9.17, 15) is 8.42 Å². The summed E-state index contributed by atoms with van der Waals surface area (Å²) >= 11 is 8.99. The number of thiophene rings is 1. The molecule has 0 spiro atoms. The third-order valence-corrected chi connectivity index (χ3v) is 7.89. The van der Waals surface area contributed by atoms with Crippen LogP contribution in [0.2, 0.25) is 5.02 Å². The predicted octanol–water partition coefficient (Wildman–Crippen LogP) is 4.41. The van der Waals surface area contributed by atoms with Gasteiger partial charge in [0.05, 0.1) is 5.75 Å². The van der Waals surface area contributed by atoms with Crippen LogP contribution in [0.15, 0.2) is 44.8 Å². The van der Waals surface area contributed by atoms with Crippen molar-refractivity contribution in [1.82, 2.24) is 0 Å². The van der Waals surface area contributed by atoms with Gasteiger partial charge in [-0.3, -0.25) is 0 Å². The molecule has 6 heteroatoms. The average Bonchev–Trinajstić information content (AvgIpc) is 2.84. The number of hydrogen-bond donors (Lipinski definition) is 0. The summed E-state index contributed by atoms with van der Waals surface area (Å²) in [6, 6.07) is 9.61. The minimum Gasteiger partial charge on any atom is -0.223 e. The molecule has 100 valence electrons. The molecule has 19 heavy (non-hydrogen) atoms. The maximum absolute atomic E-state index is 12.0. The van der Waals surface area contributed by atoms with Gasteiger partial charge in [0.15, 0.2) is 9.84 Å². The van der Waals surface area contributed by atoms with Crippen molar-refractivity contribution in [2.24, 2.45) is 0 Å². The largest absolute Gasteiger partial charge is 0.223 e. The van der Waals surface area contributed by atoms with Crippen LogP contribution in [0, 0.1) is 0 Å². The van der Waals surface area contributed by atoms with Gasteiger partial charge < -0.3 is 0 Å². The quantitative estimate of drug-likeness (QED) is 0.817. The Morgan fingerprint density at radius 3 is 2.95 bits per heavy atom. The van der Waals surface area contributed by atoms with Crippen molar-refractivity contribution < 1.29 is 8.42 Å². The number of benzene rings is 1. The second-order valence-electron chi connectivity index (χ2n) is 4.33. The molecule has 0 bridgehead atoms. The second-order valence-corrected chi connectivity index (χ2v) is 9.27. The lowest BCUT2D eigenvalue weighted by molar-refractivity contribution is 0.588. The van der Waals surface area contributed by atoms with Crippen molar-refractivity contribution in [2.45, 2.75) is 20.8 Å². The van der Waals surface area contributed by atoms with Crippen LogP contribution in [-0.4, -0.2) is 14.2 Å². The fraction of sp³-hybridized carbons (Fsp3) is 0.231. The van der Waals surface area contributed by atoms with Gasteiger partial charge in [0.25, 0.3) is 0 Å². The van der Waals surface area contributed by atoms with Crippen molar-refractivity contribution in [3.8, 4) is 0 Å². The van der Waals surface area contributed by atoms with Crippen molar-refractivity contribution in [3.63, 3.8) is 0 Å². The zero-order valence-corrected chi connectivity index (χ0v) is 13.1. The number of halogens is 1. The first-order valence-corrected chi connectivity index (χ1v) is 9.57. The van der Waals surface area contributed by atoms with Crippen molar-refractivity contribution >= 4 is 44.5 Å². The molecule has 0 fully saturated rings. The van der Waals surface area contributed by atoms with E-state index >= 15 is 0 Å². The second kappa shape index (κ2) is 5.13. The van der Waals surface area contributed by atoms with Gasteiger partial charge in [-0.15, -0.1) is 23.1 Å². The van der Waals surface area contributed by atoms with E-state index in [1.54, 1.807) is 11.8 Å². The normalized spacial score (nSPS) is 21.0. The van der Waals surface area contributed by atoms with Crippen LogP contribution in [0.5, 0.6) is 0 Å². The molecule has 0 saturated carbocycles. The first-order valence-electron chi connectivity index (χ1n) is 5.79.